The summed E-state index contributed by atoms with van der Waals surface area (Å²) in [5.74, 6) is 0.167. The molecule has 4 heteroatoms. The summed E-state index contributed by atoms with van der Waals surface area (Å²) in [5.41, 5.74) is 6.98. The van der Waals surface area contributed by atoms with Gasteiger partial charge in [-0.05, 0) is 17.7 Å². The minimum absolute atomic E-state index is 0.105. The average Bonchev–Trinajstić information content (AvgIpc) is 2.03. The first-order valence-electron chi connectivity index (χ1n) is 4.12. The third-order valence-corrected chi connectivity index (χ3v) is 1.62. The summed E-state index contributed by atoms with van der Waals surface area (Å²) in [6.07, 6.45) is 0. The minimum Gasteiger partial charge on any atom is -0.508 e. The number of hydrogen-bond donors (Lipinski definition) is 4. The highest BCUT2D eigenvalue weighted by molar-refractivity contribution is 5.46. The number of aromatic hydroxyl groups is 1. The van der Waals surface area contributed by atoms with Crippen molar-refractivity contribution in [2.75, 3.05) is 18.9 Å². The molecule has 0 heterocycles. The summed E-state index contributed by atoms with van der Waals surface area (Å²) in [6, 6.07) is 4.92. The molecule has 0 radical (unpaired) electrons. The molecule has 0 bridgehead atoms. The van der Waals surface area contributed by atoms with Crippen LogP contribution in [0.2, 0.25) is 0 Å². The number of nitrogens with one attached hydrogen (secondary N) is 1. The van der Waals surface area contributed by atoms with Crippen molar-refractivity contribution in [2.45, 2.75) is 6.54 Å². The zero-order chi connectivity index (χ0) is 9.68. The van der Waals surface area contributed by atoms with Crippen molar-refractivity contribution in [3.63, 3.8) is 0 Å². The molecule has 0 fully saturated rings. The first-order valence-corrected chi connectivity index (χ1v) is 4.12. The van der Waals surface area contributed by atoms with Gasteiger partial charge in [0.1, 0.15) is 5.75 Å². The van der Waals surface area contributed by atoms with E-state index >= 15 is 0 Å². The third-order valence-electron chi connectivity index (χ3n) is 1.62. The molecule has 72 valence electrons. The van der Waals surface area contributed by atoms with Gasteiger partial charge in [0.05, 0.1) is 6.61 Å². The van der Waals surface area contributed by atoms with E-state index in [0.29, 0.717) is 18.8 Å². The van der Waals surface area contributed by atoms with Gasteiger partial charge in [-0.3, -0.25) is 0 Å². The molecule has 0 unspecified atom stereocenters. The SMILES string of the molecule is Nc1cc(O)cc(CNCCO)c1. The summed E-state index contributed by atoms with van der Waals surface area (Å²) in [5, 5.41) is 20.7. The second-order valence-electron chi connectivity index (χ2n) is 2.83. The lowest BCUT2D eigenvalue weighted by Crippen LogP contribution is -2.17. The molecule has 1 rings (SSSR count). The molecule has 5 N–H and O–H groups in total. The van der Waals surface area contributed by atoms with Crippen LogP contribution in [0.15, 0.2) is 18.2 Å². The van der Waals surface area contributed by atoms with E-state index in [9.17, 15) is 5.11 Å². The van der Waals surface area contributed by atoms with Crippen LogP contribution < -0.4 is 11.1 Å². The Kier molecular flexibility index (Phi) is 3.54. The van der Waals surface area contributed by atoms with E-state index in [-0.39, 0.29) is 12.4 Å². The van der Waals surface area contributed by atoms with Gasteiger partial charge in [0, 0.05) is 24.8 Å². The molecule has 0 aliphatic carbocycles. The third kappa shape index (κ3) is 3.31. The fourth-order valence-corrected chi connectivity index (χ4v) is 1.11. The predicted octanol–water partition coefficient (Wildman–Crippen LogP) is 0.0563. The second kappa shape index (κ2) is 4.69. The highest BCUT2D eigenvalue weighted by Crippen LogP contribution is 2.16. The molecule has 0 amide bonds. The van der Waals surface area contributed by atoms with Crippen LogP contribution >= 0.6 is 0 Å². The first kappa shape index (κ1) is 9.83. The van der Waals surface area contributed by atoms with Crippen LogP contribution in [0.25, 0.3) is 0 Å². The molecular formula is C9H14N2O2. The zero-order valence-corrected chi connectivity index (χ0v) is 7.33. The Bertz CT molecular complexity index is 256. The van der Waals surface area contributed by atoms with Gasteiger partial charge >= 0.3 is 0 Å². The van der Waals surface area contributed by atoms with Crippen molar-refractivity contribution in [3.05, 3.63) is 23.8 Å². The monoisotopic (exact) mass is 182 g/mol. The van der Waals surface area contributed by atoms with E-state index < -0.39 is 0 Å². The Labute approximate surface area is 77.0 Å². The van der Waals surface area contributed by atoms with Crippen LogP contribution in [0.1, 0.15) is 5.56 Å². The zero-order valence-electron chi connectivity index (χ0n) is 7.33. The number of anilines is 1. The van der Waals surface area contributed by atoms with Crippen molar-refractivity contribution in [1.29, 1.82) is 0 Å². The molecule has 13 heavy (non-hydrogen) atoms. The van der Waals surface area contributed by atoms with Crippen LogP contribution in [-0.4, -0.2) is 23.4 Å². The molecule has 0 aliphatic heterocycles. The van der Waals surface area contributed by atoms with Gasteiger partial charge in [0.2, 0.25) is 0 Å². The Balaban J connectivity index is 2.56. The summed E-state index contributed by atoms with van der Waals surface area (Å²) < 4.78 is 0. The van der Waals surface area contributed by atoms with Crippen LogP contribution in [-0.2, 0) is 6.54 Å². The van der Waals surface area contributed by atoms with Crippen molar-refractivity contribution < 1.29 is 10.2 Å². The van der Waals surface area contributed by atoms with Crippen LogP contribution in [0.4, 0.5) is 5.69 Å². The van der Waals surface area contributed by atoms with E-state index in [2.05, 4.69) is 5.32 Å². The first-order chi connectivity index (χ1) is 6.22. The molecule has 4 nitrogen and oxygen atoms in total. The molecular weight excluding hydrogens is 168 g/mol. The van der Waals surface area contributed by atoms with Crippen LogP contribution in [0.3, 0.4) is 0 Å². The van der Waals surface area contributed by atoms with Gasteiger partial charge in [-0.15, -0.1) is 0 Å². The topological polar surface area (TPSA) is 78.5 Å². The summed E-state index contributed by atoms with van der Waals surface area (Å²) in [4.78, 5) is 0. The van der Waals surface area contributed by atoms with E-state index in [1.165, 1.54) is 6.07 Å². The molecule has 1 aromatic carbocycles. The summed E-state index contributed by atoms with van der Waals surface area (Å²) >= 11 is 0. The largest absolute Gasteiger partial charge is 0.508 e. The summed E-state index contributed by atoms with van der Waals surface area (Å²) in [6.45, 7) is 1.24. The molecule has 0 saturated carbocycles. The van der Waals surface area contributed by atoms with E-state index in [0.717, 1.165) is 5.56 Å². The highest BCUT2D eigenvalue weighted by atomic mass is 16.3. The maximum Gasteiger partial charge on any atom is 0.117 e. The number of nitrogen functional groups attached to an aromatic ring is 1. The molecule has 0 atom stereocenters. The van der Waals surface area contributed by atoms with Gasteiger partial charge in [-0.25, -0.2) is 0 Å². The number of aliphatic hydroxyl groups is 1. The van der Waals surface area contributed by atoms with E-state index in [4.69, 9.17) is 10.8 Å². The lowest BCUT2D eigenvalue weighted by atomic mass is 10.2. The standard InChI is InChI=1S/C9H14N2O2/c10-8-3-7(4-9(13)5-8)6-11-1-2-12/h3-5,11-13H,1-2,6,10H2. The molecule has 0 saturated heterocycles. The highest BCUT2D eigenvalue weighted by Gasteiger charge is 1.96. The van der Waals surface area contributed by atoms with Crippen molar-refractivity contribution in [1.82, 2.24) is 5.32 Å². The van der Waals surface area contributed by atoms with Gasteiger partial charge < -0.3 is 21.3 Å². The van der Waals surface area contributed by atoms with Crippen molar-refractivity contribution >= 4 is 5.69 Å². The normalized spacial score (nSPS) is 10.2. The van der Waals surface area contributed by atoms with Gasteiger partial charge in [-0.2, -0.15) is 0 Å². The lowest BCUT2D eigenvalue weighted by Gasteiger charge is -2.04. The lowest BCUT2D eigenvalue weighted by molar-refractivity contribution is 0.292. The fourth-order valence-electron chi connectivity index (χ4n) is 1.11. The number of nitrogens with two attached hydrogens (primary N) is 1. The predicted molar refractivity (Wildman–Crippen MR) is 51.3 cm³/mol. The summed E-state index contributed by atoms with van der Waals surface area (Å²) in [7, 11) is 0. The Hall–Kier alpha value is -1.26. The maximum atomic E-state index is 9.19. The van der Waals surface area contributed by atoms with Gasteiger partial charge in [-0.1, -0.05) is 0 Å². The average molecular weight is 182 g/mol. The fraction of sp³-hybridized carbons (Fsp3) is 0.333. The van der Waals surface area contributed by atoms with E-state index in [1.54, 1.807) is 12.1 Å². The van der Waals surface area contributed by atoms with Crippen LogP contribution in [0.5, 0.6) is 5.75 Å². The quantitative estimate of drug-likeness (QED) is 0.392. The smallest absolute Gasteiger partial charge is 0.117 e. The number of phenolic OH excluding ortho intramolecular Hbond substituents is 1. The number of benzene rings is 1. The second-order valence-corrected chi connectivity index (χ2v) is 2.83. The number of aliphatic hydroxyl groups excluding tert-OH is 1. The molecule has 0 aliphatic rings. The number of rotatable bonds is 4. The van der Waals surface area contributed by atoms with Crippen molar-refractivity contribution in [3.8, 4) is 5.75 Å². The van der Waals surface area contributed by atoms with Gasteiger partial charge in [0.25, 0.3) is 0 Å². The van der Waals surface area contributed by atoms with Gasteiger partial charge in [0.15, 0.2) is 0 Å². The molecule has 0 aromatic heterocycles. The molecule has 1 aromatic rings. The minimum atomic E-state index is 0.105. The Morgan fingerprint density at radius 3 is 2.69 bits per heavy atom. The van der Waals surface area contributed by atoms with Crippen molar-refractivity contribution in [2.24, 2.45) is 0 Å². The number of hydrogen-bond acceptors (Lipinski definition) is 4. The molecule has 0 spiro atoms. The Morgan fingerprint density at radius 1 is 1.31 bits per heavy atom. The number of phenols is 1. The maximum absolute atomic E-state index is 9.19. The van der Waals surface area contributed by atoms with E-state index in [1.807, 2.05) is 0 Å². The van der Waals surface area contributed by atoms with Crippen LogP contribution in [0, 0.1) is 0 Å². The Morgan fingerprint density at radius 2 is 2.08 bits per heavy atom.